The van der Waals surface area contributed by atoms with E-state index in [2.05, 4.69) is 20.7 Å². The van der Waals surface area contributed by atoms with E-state index in [1.807, 2.05) is 20.8 Å². The second kappa shape index (κ2) is 7.22. The summed E-state index contributed by atoms with van der Waals surface area (Å²) >= 11 is 0. The quantitative estimate of drug-likeness (QED) is 0.407. The van der Waals surface area contributed by atoms with Crippen molar-refractivity contribution < 1.29 is 9.84 Å². The highest BCUT2D eigenvalue weighted by molar-refractivity contribution is 5.46. The Morgan fingerprint density at radius 1 is 1.37 bits per heavy atom. The molecule has 0 radical (unpaired) electrons. The van der Waals surface area contributed by atoms with Crippen molar-refractivity contribution in [3.05, 3.63) is 11.9 Å². The predicted molar refractivity (Wildman–Crippen MR) is 74.5 cm³/mol. The monoisotopic (exact) mass is 269 g/mol. The molecule has 108 valence electrons. The van der Waals surface area contributed by atoms with Crippen LogP contribution in [0.1, 0.15) is 26.6 Å². The van der Waals surface area contributed by atoms with E-state index >= 15 is 0 Å². The van der Waals surface area contributed by atoms with Crippen LogP contribution in [0.3, 0.4) is 0 Å². The highest BCUT2D eigenvalue weighted by atomic mass is 16.5. The van der Waals surface area contributed by atoms with Crippen LogP contribution < -0.4 is 16.6 Å². The van der Waals surface area contributed by atoms with Crippen LogP contribution in [0.2, 0.25) is 0 Å². The molecule has 0 atom stereocenters. The lowest BCUT2D eigenvalue weighted by molar-refractivity contribution is 0.128. The fourth-order valence-electron chi connectivity index (χ4n) is 1.31. The summed E-state index contributed by atoms with van der Waals surface area (Å²) in [5.41, 5.74) is 2.28. The largest absolute Gasteiger partial charge is 0.396 e. The zero-order valence-electron chi connectivity index (χ0n) is 11.7. The first-order valence-corrected chi connectivity index (χ1v) is 6.28. The second-order valence-electron chi connectivity index (χ2n) is 5.01. The maximum Gasteiger partial charge on any atom is 0.158 e. The number of rotatable bonds is 8. The number of nitrogens with two attached hydrogens (primary N) is 1. The van der Waals surface area contributed by atoms with Gasteiger partial charge in [-0.15, -0.1) is 0 Å². The summed E-state index contributed by atoms with van der Waals surface area (Å²) in [6, 6.07) is 1.71. The molecule has 0 bridgehead atoms. The summed E-state index contributed by atoms with van der Waals surface area (Å²) in [6.07, 6.45) is 0. The molecule has 0 saturated heterocycles. The van der Waals surface area contributed by atoms with Crippen LogP contribution in [0.4, 0.5) is 11.6 Å². The third kappa shape index (κ3) is 5.37. The Balaban J connectivity index is 2.76. The molecule has 7 nitrogen and oxygen atoms in total. The minimum Gasteiger partial charge on any atom is -0.396 e. The number of nitrogens with one attached hydrogen (secondary N) is 2. The summed E-state index contributed by atoms with van der Waals surface area (Å²) in [4.78, 5) is 8.52. The average Bonchev–Trinajstić information content (AvgIpc) is 2.42. The van der Waals surface area contributed by atoms with E-state index in [9.17, 15) is 5.11 Å². The van der Waals surface area contributed by atoms with Gasteiger partial charge in [0.2, 0.25) is 0 Å². The first-order chi connectivity index (χ1) is 9.00. The maximum atomic E-state index is 9.22. The van der Waals surface area contributed by atoms with E-state index in [0.717, 1.165) is 0 Å². The van der Waals surface area contributed by atoms with E-state index < -0.39 is 0 Å². The van der Waals surface area contributed by atoms with E-state index in [1.54, 1.807) is 6.07 Å². The van der Waals surface area contributed by atoms with Crippen molar-refractivity contribution in [1.82, 2.24) is 9.97 Å². The van der Waals surface area contributed by atoms with E-state index in [0.29, 0.717) is 37.2 Å². The van der Waals surface area contributed by atoms with Gasteiger partial charge in [0.05, 0.1) is 0 Å². The fourth-order valence-corrected chi connectivity index (χ4v) is 1.31. The van der Waals surface area contributed by atoms with Crippen LogP contribution in [0.15, 0.2) is 6.07 Å². The molecule has 0 spiro atoms. The van der Waals surface area contributed by atoms with Crippen molar-refractivity contribution >= 4 is 11.6 Å². The highest BCUT2D eigenvalue weighted by Crippen LogP contribution is 2.16. The van der Waals surface area contributed by atoms with Gasteiger partial charge in [0.1, 0.15) is 18.2 Å². The van der Waals surface area contributed by atoms with E-state index in [4.69, 9.17) is 10.6 Å². The minimum absolute atomic E-state index is 0.0961. The number of hydrazine groups is 1. The van der Waals surface area contributed by atoms with Gasteiger partial charge in [0, 0.05) is 31.2 Å². The lowest BCUT2D eigenvalue weighted by Crippen LogP contribution is -2.27. The highest BCUT2D eigenvalue weighted by Gasteiger charge is 2.16. The molecule has 5 N–H and O–H groups in total. The molecule has 0 aromatic carbocycles. The maximum absolute atomic E-state index is 9.22. The van der Waals surface area contributed by atoms with Gasteiger partial charge in [0.25, 0.3) is 0 Å². The van der Waals surface area contributed by atoms with Crippen molar-refractivity contribution in [3.63, 3.8) is 0 Å². The molecule has 0 aliphatic carbocycles. The number of anilines is 2. The van der Waals surface area contributed by atoms with Gasteiger partial charge in [-0.3, -0.25) is 0 Å². The molecular weight excluding hydrogens is 246 g/mol. The van der Waals surface area contributed by atoms with Crippen molar-refractivity contribution in [2.75, 3.05) is 30.5 Å². The van der Waals surface area contributed by atoms with Crippen LogP contribution in [0.5, 0.6) is 0 Å². The molecule has 1 rings (SSSR count). The zero-order valence-corrected chi connectivity index (χ0v) is 11.7. The van der Waals surface area contributed by atoms with E-state index in [-0.39, 0.29) is 12.0 Å². The third-order valence-corrected chi connectivity index (χ3v) is 2.53. The molecule has 7 heteroatoms. The van der Waals surface area contributed by atoms with Gasteiger partial charge < -0.3 is 20.6 Å². The van der Waals surface area contributed by atoms with Gasteiger partial charge in [-0.2, -0.15) is 0 Å². The number of hydrogen-bond acceptors (Lipinski definition) is 7. The molecule has 1 heterocycles. The Hall–Kier alpha value is -1.44. The summed E-state index contributed by atoms with van der Waals surface area (Å²) < 4.78 is 5.28. The summed E-state index contributed by atoms with van der Waals surface area (Å²) in [5.74, 6) is 7.11. The Labute approximate surface area is 113 Å². The van der Waals surface area contributed by atoms with Crippen molar-refractivity contribution in [3.8, 4) is 0 Å². The fraction of sp³-hybridized carbons (Fsp3) is 0.667. The summed E-state index contributed by atoms with van der Waals surface area (Å²) in [7, 11) is 0. The van der Waals surface area contributed by atoms with Crippen LogP contribution in [0.25, 0.3) is 0 Å². The van der Waals surface area contributed by atoms with Gasteiger partial charge in [-0.05, 0) is 6.92 Å². The molecule has 0 aliphatic heterocycles. The lowest BCUT2D eigenvalue weighted by Gasteiger charge is -2.22. The average molecular weight is 269 g/mol. The van der Waals surface area contributed by atoms with Crippen LogP contribution in [-0.4, -0.2) is 34.8 Å². The van der Waals surface area contributed by atoms with Gasteiger partial charge in [-0.1, -0.05) is 13.8 Å². The first-order valence-electron chi connectivity index (χ1n) is 6.28. The Kier molecular flexibility index (Phi) is 5.94. The van der Waals surface area contributed by atoms with Gasteiger partial charge >= 0.3 is 0 Å². The number of nitrogen functional groups attached to an aromatic ring is 1. The molecule has 0 saturated carbocycles. The summed E-state index contributed by atoms with van der Waals surface area (Å²) in [6.45, 7) is 7.47. The number of aliphatic hydroxyl groups is 1. The second-order valence-corrected chi connectivity index (χ2v) is 5.01. The van der Waals surface area contributed by atoms with Crippen molar-refractivity contribution in [1.29, 1.82) is 0 Å². The van der Waals surface area contributed by atoms with Gasteiger partial charge in [0.15, 0.2) is 5.82 Å². The SMILES string of the molecule is CCOCc1nc(NN)cc(NCC(C)(C)CO)n1. The molecule has 19 heavy (non-hydrogen) atoms. The zero-order chi connectivity index (χ0) is 14.3. The number of aromatic nitrogens is 2. The molecule has 0 unspecified atom stereocenters. The molecule has 0 aliphatic rings. The van der Waals surface area contributed by atoms with Crippen LogP contribution >= 0.6 is 0 Å². The van der Waals surface area contributed by atoms with Gasteiger partial charge in [-0.25, -0.2) is 15.8 Å². The lowest BCUT2D eigenvalue weighted by atomic mass is 9.95. The molecule has 1 aromatic heterocycles. The summed E-state index contributed by atoms with van der Waals surface area (Å²) in [5, 5.41) is 12.4. The van der Waals surface area contributed by atoms with Crippen molar-refractivity contribution in [2.45, 2.75) is 27.4 Å². The van der Waals surface area contributed by atoms with Crippen molar-refractivity contribution in [2.24, 2.45) is 11.3 Å². The van der Waals surface area contributed by atoms with Crippen LogP contribution in [0, 0.1) is 5.41 Å². The van der Waals surface area contributed by atoms with E-state index in [1.165, 1.54) is 0 Å². The Morgan fingerprint density at radius 3 is 2.63 bits per heavy atom. The smallest absolute Gasteiger partial charge is 0.158 e. The van der Waals surface area contributed by atoms with Crippen LogP contribution in [-0.2, 0) is 11.3 Å². The minimum atomic E-state index is -0.221. The molecule has 0 amide bonds. The Bertz CT molecular complexity index is 398. The number of aliphatic hydroxyl groups excluding tert-OH is 1. The topological polar surface area (TPSA) is 105 Å². The first kappa shape index (κ1) is 15.6. The molecule has 1 aromatic rings. The normalized spacial score (nSPS) is 11.4. The standard InChI is InChI=1S/C12H23N5O2/c1-4-19-6-11-15-9(5-10(16-11)17-13)14-7-12(2,3)8-18/h5,18H,4,6-8,13H2,1-3H3,(H2,14,15,16,17). The molecular formula is C12H23N5O2. The number of ether oxygens (including phenoxy) is 1. The number of nitrogens with zero attached hydrogens (tertiary/aromatic N) is 2. The Morgan fingerprint density at radius 2 is 2.05 bits per heavy atom. The number of hydrogen-bond donors (Lipinski definition) is 4. The molecule has 0 fully saturated rings. The third-order valence-electron chi connectivity index (χ3n) is 2.53. The predicted octanol–water partition coefficient (Wildman–Crippen LogP) is 0.729.